The van der Waals surface area contributed by atoms with E-state index in [0.29, 0.717) is 31.3 Å². The smallest absolute Gasteiger partial charge is 0.252 e. The zero-order valence-corrected chi connectivity index (χ0v) is 13.5. The van der Waals surface area contributed by atoms with Crippen LogP contribution in [0, 0.1) is 0 Å². The van der Waals surface area contributed by atoms with Crippen molar-refractivity contribution in [1.82, 2.24) is 10.2 Å². The van der Waals surface area contributed by atoms with Crippen molar-refractivity contribution < 1.29 is 14.3 Å². The molecule has 2 rings (SSSR count). The molecule has 0 aromatic heterocycles. The zero-order valence-electron chi connectivity index (χ0n) is 11.9. The average molecular weight is 335 g/mol. The summed E-state index contributed by atoms with van der Waals surface area (Å²) in [6, 6.07) is 7.15. The normalized spacial score (nSPS) is 17.7. The van der Waals surface area contributed by atoms with Gasteiger partial charge in [0.2, 0.25) is 0 Å². The first-order valence-electron chi connectivity index (χ1n) is 6.62. The van der Waals surface area contributed by atoms with E-state index in [-0.39, 0.29) is 24.4 Å². The van der Waals surface area contributed by atoms with E-state index in [1.54, 1.807) is 36.2 Å². The lowest BCUT2D eigenvalue weighted by Gasteiger charge is -2.27. The Balaban J connectivity index is 0.00000220. The Labute approximate surface area is 135 Å². The topological polar surface area (TPSA) is 50.8 Å². The fourth-order valence-electron chi connectivity index (χ4n) is 1.91. The summed E-state index contributed by atoms with van der Waals surface area (Å²) in [7, 11) is 1.76. The first-order chi connectivity index (χ1) is 9.66. The second kappa shape index (κ2) is 9.10. The third-order valence-corrected chi connectivity index (χ3v) is 3.34. The van der Waals surface area contributed by atoms with Gasteiger partial charge < -0.3 is 19.7 Å². The quantitative estimate of drug-likeness (QED) is 0.888. The number of nitrogens with one attached hydrogen (secondary N) is 1. The first kappa shape index (κ1) is 18.0. The van der Waals surface area contributed by atoms with Crippen molar-refractivity contribution in [3.8, 4) is 5.75 Å². The summed E-state index contributed by atoms with van der Waals surface area (Å²) in [6.45, 7) is 2.89. The lowest BCUT2D eigenvalue weighted by molar-refractivity contribution is -0.144. The molecule has 7 heteroatoms. The van der Waals surface area contributed by atoms with Crippen LogP contribution in [-0.2, 0) is 9.53 Å². The number of nitrogens with zero attached hydrogens (tertiary/aromatic N) is 1. The molecule has 21 heavy (non-hydrogen) atoms. The van der Waals surface area contributed by atoms with Crippen LogP contribution in [0.5, 0.6) is 5.75 Å². The summed E-state index contributed by atoms with van der Waals surface area (Å²) in [5.41, 5.74) is 0. The summed E-state index contributed by atoms with van der Waals surface area (Å²) < 4.78 is 11.0. The first-order valence-corrected chi connectivity index (χ1v) is 7.00. The van der Waals surface area contributed by atoms with E-state index in [4.69, 9.17) is 21.1 Å². The van der Waals surface area contributed by atoms with Crippen molar-refractivity contribution in [1.29, 1.82) is 0 Å². The van der Waals surface area contributed by atoms with E-state index in [1.807, 2.05) is 0 Å². The minimum absolute atomic E-state index is 0. The Bertz CT molecular complexity index is 436. The summed E-state index contributed by atoms with van der Waals surface area (Å²) in [5, 5.41) is 3.81. The van der Waals surface area contributed by atoms with E-state index < -0.39 is 0 Å². The van der Waals surface area contributed by atoms with Gasteiger partial charge in [0, 0.05) is 25.2 Å². The van der Waals surface area contributed by atoms with Gasteiger partial charge in [0.05, 0.1) is 13.2 Å². The molecule has 1 amide bonds. The standard InChI is InChI=1S/C14H19ClN2O3.ClH/c1-17(14(18)13-10-16-6-8-20-13)7-9-19-12-4-2-11(15)3-5-12;/h2-5,13,16H,6-10H2,1H3;1H. The molecule has 1 unspecified atom stereocenters. The Morgan fingerprint density at radius 3 is 2.81 bits per heavy atom. The molecule has 1 N–H and O–H groups in total. The summed E-state index contributed by atoms with van der Waals surface area (Å²) >= 11 is 5.80. The maximum absolute atomic E-state index is 12.1. The van der Waals surface area contributed by atoms with Crippen LogP contribution in [-0.4, -0.2) is 56.8 Å². The molecule has 0 bridgehead atoms. The number of halogens is 2. The molecule has 1 aromatic rings. The largest absolute Gasteiger partial charge is 0.492 e. The fraction of sp³-hybridized carbons (Fsp3) is 0.500. The third-order valence-electron chi connectivity index (χ3n) is 3.09. The van der Waals surface area contributed by atoms with E-state index in [9.17, 15) is 4.79 Å². The minimum Gasteiger partial charge on any atom is -0.492 e. The number of hydrogen-bond acceptors (Lipinski definition) is 4. The molecule has 1 saturated heterocycles. The second-order valence-electron chi connectivity index (χ2n) is 4.63. The van der Waals surface area contributed by atoms with Gasteiger partial charge in [-0.1, -0.05) is 11.6 Å². The molecule has 1 aliphatic rings. The average Bonchev–Trinajstić information content (AvgIpc) is 2.49. The van der Waals surface area contributed by atoms with Crippen molar-refractivity contribution in [2.75, 3.05) is 39.9 Å². The predicted octanol–water partition coefficient (Wildman–Crippen LogP) is 1.59. The van der Waals surface area contributed by atoms with Gasteiger partial charge in [-0.15, -0.1) is 12.4 Å². The van der Waals surface area contributed by atoms with Gasteiger partial charge in [-0.2, -0.15) is 0 Å². The van der Waals surface area contributed by atoms with Crippen molar-refractivity contribution in [3.63, 3.8) is 0 Å². The van der Waals surface area contributed by atoms with Crippen LogP contribution in [0.3, 0.4) is 0 Å². The number of carbonyl (C=O) groups excluding carboxylic acids is 1. The molecular weight excluding hydrogens is 315 g/mol. The van der Waals surface area contributed by atoms with Gasteiger partial charge in [0.15, 0.2) is 0 Å². The zero-order chi connectivity index (χ0) is 14.4. The highest BCUT2D eigenvalue weighted by molar-refractivity contribution is 6.30. The minimum atomic E-state index is -0.385. The van der Waals surface area contributed by atoms with Crippen LogP contribution >= 0.6 is 24.0 Å². The Morgan fingerprint density at radius 2 is 2.19 bits per heavy atom. The number of rotatable bonds is 5. The SMILES string of the molecule is CN(CCOc1ccc(Cl)cc1)C(=O)C1CNCCO1.Cl. The van der Waals surface area contributed by atoms with E-state index in [1.165, 1.54) is 0 Å². The maximum atomic E-state index is 12.1. The van der Waals surface area contributed by atoms with Gasteiger partial charge in [-0.05, 0) is 24.3 Å². The number of amides is 1. The molecule has 0 aliphatic carbocycles. The van der Waals surface area contributed by atoms with Crippen LogP contribution in [0.15, 0.2) is 24.3 Å². The van der Waals surface area contributed by atoms with Crippen LogP contribution < -0.4 is 10.1 Å². The van der Waals surface area contributed by atoms with Crippen LogP contribution in [0.1, 0.15) is 0 Å². The highest BCUT2D eigenvalue weighted by Crippen LogP contribution is 2.15. The molecular formula is C14H20Cl2N2O3. The van der Waals surface area contributed by atoms with Gasteiger partial charge in [-0.3, -0.25) is 4.79 Å². The van der Waals surface area contributed by atoms with Gasteiger partial charge in [0.1, 0.15) is 18.5 Å². The number of morpholine rings is 1. The number of benzene rings is 1. The molecule has 118 valence electrons. The van der Waals surface area contributed by atoms with Crippen molar-refractivity contribution >= 4 is 29.9 Å². The number of carbonyl (C=O) groups is 1. The van der Waals surface area contributed by atoms with E-state index in [2.05, 4.69) is 5.32 Å². The maximum Gasteiger partial charge on any atom is 0.252 e. The number of hydrogen-bond donors (Lipinski definition) is 1. The van der Waals surface area contributed by atoms with Gasteiger partial charge >= 0.3 is 0 Å². The number of likely N-dealkylation sites (N-methyl/N-ethyl adjacent to an activating group) is 1. The van der Waals surface area contributed by atoms with E-state index >= 15 is 0 Å². The highest BCUT2D eigenvalue weighted by Gasteiger charge is 2.24. The Hall–Kier alpha value is -1.01. The van der Waals surface area contributed by atoms with Gasteiger partial charge in [-0.25, -0.2) is 0 Å². The summed E-state index contributed by atoms with van der Waals surface area (Å²) in [6.07, 6.45) is -0.385. The Kier molecular flexibility index (Phi) is 7.82. The number of ether oxygens (including phenoxy) is 2. The van der Waals surface area contributed by atoms with Gasteiger partial charge in [0.25, 0.3) is 5.91 Å². The van der Waals surface area contributed by atoms with Crippen molar-refractivity contribution in [2.24, 2.45) is 0 Å². The summed E-state index contributed by atoms with van der Waals surface area (Å²) in [4.78, 5) is 13.7. The fourth-order valence-corrected chi connectivity index (χ4v) is 2.04. The van der Waals surface area contributed by atoms with Crippen LogP contribution in [0.2, 0.25) is 5.02 Å². The lowest BCUT2D eigenvalue weighted by Crippen LogP contribution is -2.49. The molecule has 1 aliphatic heterocycles. The van der Waals surface area contributed by atoms with E-state index in [0.717, 1.165) is 12.3 Å². The molecule has 1 atom stereocenters. The highest BCUT2D eigenvalue weighted by atomic mass is 35.5. The molecule has 0 saturated carbocycles. The third kappa shape index (κ3) is 5.71. The van der Waals surface area contributed by atoms with Crippen LogP contribution in [0.25, 0.3) is 0 Å². The van der Waals surface area contributed by atoms with Crippen molar-refractivity contribution in [3.05, 3.63) is 29.3 Å². The Morgan fingerprint density at radius 1 is 1.48 bits per heavy atom. The second-order valence-corrected chi connectivity index (χ2v) is 5.06. The molecule has 0 radical (unpaired) electrons. The molecule has 1 fully saturated rings. The molecule has 1 heterocycles. The summed E-state index contributed by atoms with van der Waals surface area (Å²) in [5.74, 6) is 0.725. The molecule has 0 spiro atoms. The lowest BCUT2D eigenvalue weighted by atomic mass is 10.2. The van der Waals surface area contributed by atoms with Crippen LogP contribution in [0.4, 0.5) is 0 Å². The monoisotopic (exact) mass is 334 g/mol. The van der Waals surface area contributed by atoms with Crippen molar-refractivity contribution in [2.45, 2.75) is 6.10 Å². The predicted molar refractivity (Wildman–Crippen MR) is 84.4 cm³/mol. The molecule has 5 nitrogen and oxygen atoms in total. The molecule has 1 aromatic carbocycles.